The van der Waals surface area contributed by atoms with E-state index >= 15 is 0 Å². The molecule has 37 heavy (non-hydrogen) atoms. The Balaban J connectivity index is 1.29. The fourth-order valence-corrected chi connectivity index (χ4v) is 10.3. The minimum Gasteiger partial charge on any atom is -0.458 e. The van der Waals surface area contributed by atoms with E-state index in [1.165, 1.54) is 121 Å². The number of rotatable bonds is 13. The van der Waals surface area contributed by atoms with Gasteiger partial charge in [-0.2, -0.15) is 0 Å². The first-order valence-corrected chi connectivity index (χ1v) is 17.3. The third-order valence-corrected chi connectivity index (χ3v) is 12.7. The fraction of sp³-hybridized carbons (Fsp3) is 0.912. The van der Waals surface area contributed by atoms with E-state index < -0.39 is 0 Å². The van der Waals surface area contributed by atoms with Gasteiger partial charge in [0.15, 0.2) is 0 Å². The van der Waals surface area contributed by atoms with Crippen LogP contribution in [0.1, 0.15) is 150 Å². The molecule has 3 heteroatoms. The van der Waals surface area contributed by atoms with Gasteiger partial charge >= 0.3 is 5.30 Å². The molecule has 0 bridgehead atoms. The summed E-state index contributed by atoms with van der Waals surface area (Å²) in [6, 6.07) is 0. The molecule has 0 aromatic rings. The highest BCUT2D eigenvalue weighted by Gasteiger charge is 2.58. The van der Waals surface area contributed by atoms with Gasteiger partial charge in [0.05, 0.1) is 6.61 Å². The van der Waals surface area contributed by atoms with E-state index in [0.29, 0.717) is 22.7 Å². The third kappa shape index (κ3) is 6.83. The number of ether oxygens (including phenoxy) is 1. The van der Waals surface area contributed by atoms with Crippen LogP contribution < -0.4 is 0 Å². The standard InChI is InChI=1S/C34H58O2S/c1-5-7-9-11-12-13-15-26-17-19-30-29-18-16-27-25-28(37-32(35)36-24-14-10-8-6-2)20-22-34(27,4)31(29)21-23-33(26,30)3/h16,26,28-31H,5-15,17-25H2,1-4H3/t26?,28-,29?,30?,31?,33+,34-/m0/s1. The van der Waals surface area contributed by atoms with Crippen LogP contribution in [0.25, 0.3) is 0 Å². The Morgan fingerprint density at radius 2 is 1.62 bits per heavy atom. The second-order valence-electron chi connectivity index (χ2n) is 13.8. The Hall–Kier alpha value is -0.440. The summed E-state index contributed by atoms with van der Waals surface area (Å²) in [7, 11) is 0. The average molecular weight is 531 g/mol. The van der Waals surface area contributed by atoms with E-state index in [0.717, 1.165) is 36.5 Å². The van der Waals surface area contributed by atoms with Gasteiger partial charge in [-0.1, -0.05) is 97.1 Å². The summed E-state index contributed by atoms with van der Waals surface area (Å²) in [5.74, 6) is 3.69. The van der Waals surface area contributed by atoms with Gasteiger partial charge < -0.3 is 4.74 Å². The SMILES string of the molecule is CCCCCCCCC1CCC2C3CC=C4C[C@@H](SC(=O)OCCCCCC)CC[C@]4(C)C3CC[C@]12C. The molecule has 0 saturated heterocycles. The molecular weight excluding hydrogens is 472 g/mol. The maximum atomic E-state index is 12.5. The molecule has 2 nitrogen and oxygen atoms in total. The Morgan fingerprint density at radius 1 is 0.892 bits per heavy atom. The summed E-state index contributed by atoms with van der Waals surface area (Å²) in [5.41, 5.74) is 2.67. The van der Waals surface area contributed by atoms with Crippen LogP contribution in [0.4, 0.5) is 4.79 Å². The zero-order valence-corrected chi connectivity index (χ0v) is 25.6. The lowest BCUT2D eigenvalue weighted by Gasteiger charge is -2.58. The number of carbonyl (C=O) groups excluding carboxylic acids is 1. The third-order valence-electron chi connectivity index (χ3n) is 11.6. The van der Waals surface area contributed by atoms with Crippen molar-refractivity contribution in [3.63, 3.8) is 0 Å². The van der Waals surface area contributed by atoms with Crippen molar-refractivity contribution in [2.75, 3.05) is 6.61 Å². The normalized spacial score (nSPS) is 36.9. The maximum Gasteiger partial charge on any atom is 0.367 e. The molecule has 4 aliphatic rings. The fourth-order valence-electron chi connectivity index (χ4n) is 9.34. The van der Waals surface area contributed by atoms with Crippen molar-refractivity contribution < 1.29 is 9.53 Å². The van der Waals surface area contributed by atoms with Gasteiger partial charge in [-0.05, 0) is 110 Å². The molecule has 0 aliphatic heterocycles. The van der Waals surface area contributed by atoms with Crippen LogP contribution in [0.2, 0.25) is 0 Å². The van der Waals surface area contributed by atoms with Gasteiger partial charge in [0, 0.05) is 5.25 Å². The van der Waals surface area contributed by atoms with E-state index in [9.17, 15) is 4.79 Å². The summed E-state index contributed by atoms with van der Waals surface area (Å²) in [5, 5.41) is 0.385. The van der Waals surface area contributed by atoms with Crippen molar-refractivity contribution in [2.45, 2.75) is 155 Å². The number of hydrogen-bond donors (Lipinski definition) is 0. The van der Waals surface area contributed by atoms with Crippen LogP contribution in [-0.2, 0) is 4.74 Å². The molecule has 3 fully saturated rings. The Kier molecular flexibility index (Phi) is 11.0. The Bertz CT molecular complexity index is 761. The zero-order chi connectivity index (χ0) is 26.3. The average Bonchev–Trinajstić information content (AvgIpc) is 3.22. The summed E-state index contributed by atoms with van der Waals surface area (Å²) in [4.78, 5) is 12.5. The van der Waals surface area contributed by atoms with Gasteiger partial charge in [-0.25, -0.2) is 4.79 Å². The van der Waals surface area contributed by atoms with Gasteiger partial charge in [-0.15, -0.1) is 0 Å². The van der Waals surface area contributed by atoms with Crippen LogP contribution in [0.15, 0.2) is 11.6 Å². The lowest BCUT2D eigenvalue weighted by atomic mass is 9.47. The van der Waals surface area contributed by atoms with Gasteiger partial charge in [-0.3, -0.25) is 0 Å². The summed E-state index contributed by atoms with van der Waals surface area (Å²) in [6.45, 7) is 10.4. The van der Waals surface area contributed by atoms with Gasteiger partial charge in [0.1, 0.15) is 0 Å². The first-order valence-electron chi connectivity index (χ1n) is 16.4. The summed E-state index contributed by atoms with van der Waals surface area (Å²) >= 11 is 1.49. The molecule has 4 rings (SSSR count). The van der Waals surface area contributed by atoms with Crippen molar-refractivity contribution in [3.05, 3.63) is 11.6 Å². The van der Waals surface area contributed by atoms with E-state index in [1.807, 2.05) is 0 Å². The van der Waals surface area contributed by atoms with Gasteiger partial charge in [0.25, 0.3) is 0 Å². The number of carbonyl (C=O) groups is 1. The highest BCUT2D eigenvalue weighted by atomic mass is 32.2. The van der Waals surface area contributed by atoms with E-state index in [2.05, 4.69) is 33.8 Å². The first-order chi connectivity index (χ1) is 17.9. The lowest BCUT2D eigenvalue weighted by Crippen LogP contribution is -2.50. The van der Waals surface area contributed by atoms with Crippen LogP contribution in [-0.4, -0.2) is 17.2 Å². The van der Waals surface area contributed by atoms with Crippen LogP contribution in [0, 0.1) is 34.5 Å². The number of hydrogen-bond acceptors (Lipinski definition) is 3. The first kappa shape index (κ1) is 29.5. The van der Waals surface area contributed by atoms with E-state index in [4.69, 9.17) is 4.74 Å². The zero-order valence-electron chi connectivity index (χ0n) is 24.8. The van der Waals surface area contributed by atoms with Crippen LogP contribution >= 0.6 is 11.8 Å². The number of fused-ring (bicyclic) bond motifs is 5. The molecule has 0 heterocycles. The second kappa shape index (κ2) is 13.8. The van der Waals surface area contributed by atoms with E-state index in [1.54, 1.807) is 5.57 Å². The molecular formula is C34H58O2S. The van der Waals surface area contributed by atoms with E-state index in [-0.39, 0.29) is 5.30 Å². The molecule has 3 saturated carbocycles. The Labute approximate surface area is 233 Å². The maximum absolute atomic E-state index is 12.5. The minimum absolute atomic E-state index is 0.0322. The molecule has 0 spiro atoms. The van der Waals surface area contributed by atoms with Crippen molar-refractivity contribution in [1.82, 2.24) is 0 Å². The van der Waals surface area contributed by atoms with Gasteiger partial charge in [0.2, 0.25) is 0 Å². The molecule has 0 radical (unpaired) electrons. The monoisotopic (exact) mass is 530 g/mol. The van der Waals surface area contributed by atoms with Crippen LogP contribution in [0.3, 0.4) is 0 Å². The predicted molar refractivity (Wildman–Crippen MR) is 160 cm³/mol. The molecule has 0 amide bonds. The molecule has 4 aliphatic carbocycles. The number of unbranched alkanes of at least 4 members (excludes halogenated alkanes) is 8. The van der Waals surface area contributed by atoms with Crippen molar-refractivity contribution in [3.8, 4) is 0 Å². The van der Waals surface area contributed by atoms with Crippen molar-refractivity contribution in [2.24, 2.45) is 34.5 Å². The minimum atomic E-state index is -0.0322. The highest BCUT2D eigenvalue weighted by molar-refractivity contribution is 8.13. The highest BCUT2D eigenvalue weighted by Crippen LogP contribution is 2.67. The number of allylic oxidation sites excluding steroid dienone is 2. The van der Waals surface area contributed by atoms with Crippen LogP contribution in [0.5, 0.6) is 0 Å². The molecule has 0 aromatic carbocycles. The largest absolute Gasteiger partial charge is 0.458 e. The second-order valence-corrected chi connectivity index (χ2v) is 15.0. The smallest absolute Gasteiger partial charge is 0.367 e. The quantitative estimate of drug-likeness (QED) is 0.134. The van der Waals surface area contributed by atoms with Crippen molar-refractivity contribution in [1.29, 1.82) is 0 Å². The molecule has 4 unspecified atom stereocenters. The summed E-state index contributed by atoms with van der Waals surface area (Å²) < 4.78 is 5.56. The topological polar surface area (TPSA) is 26.3 Å². The Morgan fingerprint density at radius 3 is 2.41 bits per heavy atom. The predicted octanol–water partition coefficient (Wildman–Crippen LogP) is 11.1. The lowest BCUT2D eigenvalue weighted by molar-refractivity contribution is -0.0421. The summed E-state index contributed by atoms with van der Waals surface area (Å²) in [6.07, 6.45) is 28.1. The molecule has 0 aromatic heterocycles. The molecule has 7 atom stereocenters. The number of thioether (sulfide) groups is 1. The van der Waals surface area contributed by atoms with Crippen molar-refractivity contribution >= 4 is 17.1 Å². The molecule has 0 N–H and O–H groups in total. The molecule has 212 valence electrons.